The maximum absolute atomic E-state index is 14.8. The number of aromatic amines is 1. The summed E-state index contributed by atoms with van der Waals surface area (Å²) in [4.78, 5) is 238. The molecule has 3 aromatic rings. The highest BCUT2D eigenvalue weighted by Gasteiger charge is 2.39. The number of rotatable bonds is 52. The minimum Gasteiger partial charge on any atom is -0.508 e. The second-order valence-electron chi connectivity index (χ2n) is 28.9. The van der Waals surface area contributed by atoms with Crippen molar-refractivity contribution in [2.75, 3.05) is 6.54 Å². The first-order valence-electron chi connectivity index (χ1n) is 37.2. The quantitative estimate of drug-likeness (QED) is 0.0142. The van der Waals surface area contributed by atoms with Crippen molar-refractivity contribution in [1.29, 1.82) is 5.41 Å². The fourth-order valence-corrected chi connectivity index (χ4v) is 11.4. The standard InChI is InChI=1S/C73H111N21O21/c1-35(2)27-44(74)61(103)84-47(21-24-55(76)98)63(105)86-48(22-25-57(100)101)64(106)91-53(32-56(77)99)69(111)89-49(28-36(3)4)66(108)87-46(20-23-54(75)97)62(104)83-38(7)60(102)88-50(30-41-16-18-43(96)19-17-41)67(109)85-45(15-12-26-81-73(78)79)65(107)94-59(39(8)95)71(113)92-51(29-40-13-10-9-11-14-40)68(110)90-52(31-42-33-80-34-82-42)70(112)93-58(37(5)6)72(114)115/h9-11,13-14,16-19,33-39,44-53,58-59,95-96H,12,15,20-32,74H2,1-8H3,(H2,75,97)(H2,76,98)(H2,77,99)(H,80,82)(H,83,104)(H,84,103)(H,85,109)(H,86,105)(H,87,108)(H,88,102)(H,89,111)(H,90,110)(H,91,106)(H,92,113)(H,93,112)(H,94,107)(H,100,101)(H,114,115)(H4,78,79,81)/t38-,39+,44-,45-,46-,47-,48-,49-,50-,51-,52-,53-,58-,59-/m0/s1. The van der Waals surface area contributed by atoms with Crippen LogP contribution in [0.3, 0.4) is 0 Å². The number of aromatic hydroxyl groups is 1. The number of aromatic nitrogens is 2. The van der Waals surface area contributed by atoms with Crippen molar-refractivity contribution in [2.24, 2.45) is 46.4 Å². The number of aliphatic carboxylic acids is 2. The first kappa shape index (κ1) is 96.8. The van der Waals surface area contributed by atoms with E-state index < -0.39 is 254 Å². The average molecular weight is 1620 g/mol. The number of guanidine groups is 1. The van der Waals surface area contributed by atoms with Gasteiger partial charge in [0.05, 0.1) is 24.9 Å². The molecule has 0 saturated heterocycles. The molecule has 14 atom stereocenters. The number of nitrogens with two attached hydrogens (primary N) is 5. The van der Waals surface area contributed by atoms with Crippen molar-refractivity contribution in [2.45, 2.75) is 230 Å². The third-order valence-electron chi connectivity index (χ3n) is 17.5. The molecule has 1 heterocycles. The number of imidazole rings is 1. The van der Waals surface area contributed by atoms with Crippen LogP contribution in [0.15, 0.2) is 67.1 Å². The number of phenolic OH excluding ortho intramolecular Hbond substituents is 1. The van der Waals surface area contributed by atoms with E-state index in [1.54, 1.807) is 71.9 Å². The number of carboxylic acid groups (broad SMARTS) is 2. The Morgan fingerprint density at radius 1 is 0.443 bits per heavy atom. The summed E-state index contributed by atoms with van der Waals surface area (Å²) in [5, 5.41) is 80.2. The van der Waals surface area contributed by atoms with Crippen molar-refractivity contribution in [3.05, 3.63) is 83.9 Å². The average Bonchev–Trinajstić information content (AvgIpc) is 1.57. The highest BCUT2D eigenvalue weighted by molar-refractivity contribution is 6.01. The number of benzene rings is 2. The predicted molar refractivity (Wildman–Crippen MR) is 411 cm³/mol. The molecule has 0 radical (unpaired) electrons. The number of carboxylic acids is 2. The molecule has 15 amide bonds. The molecule has 115 heavy (non-hydrogen) atoms. The zero-order chi connectivity index (χ0) is 86.5. The maximum atomic E-state index is 14.8. The third kappa shape index (κ3) is 36.3. The van der Waals surface area contributed by atoms with Crippen LogP contribution in [0.1, 0.15) is 143 Å². The van der Waals surface area contributed by atoms with Gasteiger partial charge in [0, 0.05) is 57.0 Å². The van der Waals surface area contributed by atoms with E-state index >= 15 is 0 Å². The SMILES string of the molecule is CC(C)C[C@H](NC(=O)[C@H](CC(N)=O)NC(=O)[C@H](CCC(=O)O)NC(=O)[C@H](CCC(N)=O)NC(=O)[C@@H](N)CC(C)C)C(=O)N[C@@H](CCC(N)=O)C(=O)N[C@@H](C)C(=O)N[C@@H](Cc1ccc(O)cc1)C(=O)N[C@@H](CCCNC(=N)N)C(=O)N[C@H](C(=O)N[C@@H](Cc1ccccc1)C(=O)N[C@@H](Cc1cnc[nH]1)C(=O)N[C@H](C(=O)O)C(C)C)[C@@H](C)O. The van der Waals surface area contributed by atoms with Crippen LogP contribution in [-0.4, -0.2) is 228 Å². The van der Waals surface area contributed by atoms with Gasteiger partial charge in [-0.15, -0.1) is 0 Å². The summed E-state index contributed by atoms with van der Waals surface area (Å²) in [6.07, 6.45) is -4.71. The second kappa shape index (κ2) is 48.5. The molecule has 0 aliphatic carbocycles. The van der Waals surface area contributed by atoms with Crippen LogP contribution in [0.4, 0.5) is 0 Å². The van der Waals surface area contributed by atoms with Gasteiger partial charge >= 0.3 is 11.9 Å². The Balaban J connectivity index is 1.99. The topological polar surface area (TPSA) is 710 Å². The molecule has 3 rings (SSSR count). The van der Waals surface area contributed by atoms with Gasteiger partial charge in [-0.1, -0.05) is 84.0 Å². The number of carbonyl (C=O) groups excluding carboxylic acids is 15. The van der Waals surface area contributed by atoms with Crippen LogP contribution in [0, 0.1) is 23.2 Å². The van der Waals surface area contributed by atoms with Gasteiger partial charge in [-0.3, -0.25) is 82.1 Å². The maximum Gasteiger partial charge on any atom is 0.326 e. The first-order valence-corrected chi connectivity index (χ1v) is 37.2. The summed E-state index contributed by atoms with van der Waals surface area (Å²) >= 11 is 0. The molecule has 0 unspecified atom stereocenters. The summed E-state index contributed by atoms with van der Waals surface area (Å²) < 4.78 is 0. The zero-order valence-electron chi connectivity index (χ0n) is 65.3. The number of amides is 15. The molecule has 42 heteroatoms. The lowest BCUT2D eigenvalue weighted by atomic mass is 10.0. The summed E-state index contributed by atoms with van der Waals surface area (Å²) in [5.74, 6) is -20.7. The van der Waals surface area contributed by atoms with Gasteiger partial charge in [0.1, 0.15) is 78.3 Å². The van der Waals surface area contributed by atoms with E-state index in [1.165, 1.54) is 36.8 Å². The molecule has 1 aromatic heterocycles. The molecular weight excluding hydrogens is 1510 g/mol. The van der Waals surface area contributed by atoms with E-state index in [0.717, 1.165) is 13.8 Å². The Morgan fingerprint density at radius 3 is 1.32 bits per heavy atom. The molecule has 0 spiro atoms. The Labute approximate surface area is 663 Å². The van der Waals surface area contributed by atoms with Gasteiger partial charge in [-0.05, 0) is 99.8 Å². The molecule has 0 aliphatic heterocycles. The number of aliphatic hydroxyl groups is 1. The highest BCUT2D eigenvalue weighted by Crippen LogP contribution is 2.16. The van der Waals surface area contributed by atoms with Crippen molar-refractivity contribution in [3.8, 4) is 5.75 Å². The van der Waals surface area contributed by atoms with Crippen molar-refractivity contribution in [3.63, 3.8) is 0 Å². The van der Waals surface area contributed by atoms with Gasteiger partial charge < -0.3 is 123 Å². The lowest BCUT2D eigenvalue weighted by molar-refractivity contribution is -0.143. The zero-order valence-corrected chi connectivity index (χ0v) is 65.3. The fraction of sp³-hybridized carbons (Fsp3) is 0.548. The Morgan fingerprint density at radius 2 is 0.852 bits per heavy atom. The van der Waals surface area contributed by atoms with E-state index in [-0.39, 0.29) is 56.7 Å². The molecule has 42 nitrogen and oxygen atoms in total. The number of H-pyrrole nitrogens is 1. The number of hydrogen-bond acceptors (Lipinski definition) is 22. The van der Waals surface area contributed by atoms with Crippen molar-refractivity contribution < 1.29 is 102 Å². The van der Waals surface area contributed by atoms with Crippen LogP contribution in [0.5, 0.6) is 5.75 Å². The molecule has 0 aliphatic rings. The largest absolute Gasteiger partial charge is 0.508 e. The minimum absolute atomic E-state index is 0.0328. The summed E-state index contributed by atoms with van der Waals surface area (Å²) in [6.45, 7) is 12.1. The number of primary amides is 3. The summed E-state index contributed by atoms with van der Waals surface area (Å²) in [7, 11) is 0. The van der Waals surface area contributed by atoms with Crippen LogP contribution >= 0.6 is 0 Å². The Bertz CT molecular complexity index is 3850. The van der Waals surface area contributed by atoms with Crippen LogP contribution in [0.25, 0.3) is 0 Å². The van der Waals surface area contributed by atoms with Crippen molar-refractivity contribution in [1.82, 2.24) is 79.1 Å². The molecule has 29 N–H and O–H groups in total. The Kier molecular flexibility index (Phi) is 40.9. The third-order valence-corrected chi connectivity index (χ3v) is 17.5. The number of nitrogens with zero attached hydrogens (tertiary/aromatic N) is 1. The van der Waals surface area contributed by atoms with Gasteiger partial charge in [0.2, 0.25) is 88.6 Å². The van der Waals surface area contributed by atoms with Crippen LogP contribution in [-0.2, 0) is 101 Å². The van der Waals surface area contributed by atoms with E-state index in [2.05, 4.69) is 79.1 Å². The lowest BCUT2D eigenvalue weighted by Crippen LogP contribution is -2.62. The molecule has 634 valence electrons. The number of phenols is 1. The van der Waals surface area contributed by atoms with E-state index in [9.17, 15) is 102 Å². The lowest BCUT2D eigenvalue weighted by Gasteiger charge is -2.29. The smallest absolute Gasteiger partial charge is 0.326 e. The monoisotopic (exact) mass is 1620 g/mol. The number of aliphatic hydroxyl groups excluding tert-OH is 1. The number of carbonyl (C=O) groups is 17. The van der Waals surface area contributed by atoms with Gasteiger partial charge in [-0.2, -0.15) is 0 Å². The molecule has 0 fully saturated rings. The summed E-state index contributed by atoms with van der Waals surface area (Å²) in [5.41, 5.74) is 29.0. The minimum atomic E-state index is -1.96. The van der Waals surface area contributed by atoms with E-state index in [0.29, 0.717) is 16.8 Å². The van der Waals surface area contributed by atoms with Gasteiger partial charge in [0.15, 0.2) is 5.96 Å². The van der Waals surface area contributed by atoms with Crippen LogP contribution < -0.4 is 97.8 Å². The molecule has 0 saturated carbocycles. The first-order chi connectivity index (χ1) is 53.9. The molecular formula is C73H111N21O21. The van der Waals surface area contributed by atoms with Crippen LogP contribution in [0.2, 0.25) is 0 Å². The van der Waals surface area contributed by atoms with Crippen molar-refractivity contribution >= 4 is 107 Å². The predicted octanol–water partition coefficient (Wildman–Crippen LogP) is -5.94. The highest BCUT2D eigenvalue weighted by atomic mass is 16.4. The second-order valence-corrected chi connectivity index (χ2v) is 28.9. The van der Waals surface area contributed by atoms with Gasteiger partial charge in [-0.25, -0.2) is 9.78 Å². The normalized spacial score (nSPS) is 14.8. The van der Waals surface area contributed by atoms with Gasteiger partial charge in [0.25, 0.3) is 0 Å². The summed E-state index contributed by atoms with van der Waals surface area (Å²) in [6, 6.07) is -7.72. The van der Waals surface area contributed by atoms with E-state index in [1.807, 2.05) is 0 Å². The van der Waals surface area contributed by atoms with E-state index in [4.69, 9.17) is 34.1 Å². The Hall–Kier alpha value is -12.4. The fourth-order valence-electron chi connectivity index (χ4n) is 11.4. The molecule has 2 aromatic carbocycles. The molecule has 0 bridgehead atoms. The number of hydrogen-bond donors (Lipinski definition) is 24. The number of nitrogens with one attached hydrogen (secondary N) is 15.